The summed E-state index contributed by atoms with van der Waals surface area (Å²) in [5, 5.41) is 9.66. The van der Waals surface area contributed by atoms with Crippen molar-refractivity contribution in [3.8, 4) is 17.6 Å². The largest absolute Gasteiger partial charge is 0.491 e. The van der Waals surface area contributed by atoms with Crippen LogP contribution in [-0.2, 0) is 4.74 Å². The van der Waals surface area contributed by atoms with E-state index in [9.17, 15) is 4.79 Å². The maximum atomic E-state index is 12.3. The standard InChI is InChI=1S/C31H33ClN2O4/c1-37-31(36)28-23-24(7-5-6-21-35)10-15-29(28)38-22-20-33-16-18-34(19-17-33)30(25-8-3-2-4-9-25)26-11-13-27(32)14-12-26/h2-4,8-15,23,30,35H,6,16-22H2,1H3/t30-/m1/s1. The van der Waals surface area contributed by atoms with E-state index >= 15 is 0 Å². The average molecular weight is 533 g/mol. The predicted octanol–water partition coefficient (Wildman–Crippen LogP) is 4.65. The number of aliphatic hydroxyl groups excluding tert-OH is 1. The number of ether oxygens (including phenoxy) is 2. The van der Waals surface area contributed by atoms with Gasteiger partial charge in [0, 0.05) is 49.7 Å². The first-order valence-corrected chi connectivity index (χ1v) is 13.2. The molecule has 1 heterocycles. The number of carbonyl (C=O) groups excluding carboxylic acids is 1. The zero-order valence-electron chi connectivity index (χ0n) is 21.6. The normalized spacial score (nSPS) is 14.8. The van der Waals surface area contributed by atoms with Gasteiger partial charge in [0.1, 0.15) is 17.9 Å². The van der Waals surface area contributed by atoms with Gasteiger partial charge in [-0.2, -0.15) is 0 Å². The Hall–Kier alpha value is -3.34. The van der Waals surface area contributed by atoms with Crippen LogP contribution in [0.15, 0.2) is 72.8 Å². The van der Waals surface area contributed by atoms with Crippen LogP contribution >= 0.6 is 11.6 Å². The molecule has 1 atom stereocenters. The third-order valence-electron chi connectivity index (χ3n) is 6.59. The van der Waals surface area contributed by atoms with Crippen LogP contribution in [0.4, 0.5) is 0 Å². The molecule has 0 unspecified atom stereocenters. The topological polar surface area (TPSA) is 62.2 Å². The molecule has 0 bridgehead atoms. The second-order valence-electron chi connectivity index (χ2n) is 9.07. The SMILES string of the molecule is COC(=O)c1cc(C#CCCO)ccc1OCCN1CCN([C@H](c2ccccc2)c2ccc(Cl)cc2)CC1. The van der Waals surface area contributed by atoms with Crippen molar-refractivity contribution in [2.75, 3.05) is 53.0 Å². The number of halogens is 1. The van der Waals surface area contributed by atoms with Crippen LogP contribution in [0.25, 0.3) is 0 Å². The van der Waals surface area contributed by atoms with E-state index in [-0.39, 0.29) is 12.6 Å². The van der Waals surface area contributed by atoms with Gasteiger partial charge in [0.15, 0.2) is 0 Å². The summed E-state index contributed by atoms with van der Waals surface area (Å²) in [4.78, 5) is 17.2. The van der Waals surface area contributed by atoms with Crippen molar-refractivity contribution in [2.45, 2.75) is 12.5 Å². The van der Waals surface area contributed by atoms with Gasteiger partial charge in [-0.15, -0.1) is 0 Å². The Morgan fingerprint density at radius 2 is 1.71 bits per heavy atom. The summed E-state index contributed by atoms with van der Waals surface area (Å²) in [7, 11) is 1.35. The molecule has 0 amide bonds. The molecular weight excluding hydrogens is 500 g/mol. The molecular formula is C31H33ClN2O4. The van der Waals surface area contributed by atoms with Gasteiger partial charge in [0.05, 0.1) is 19.8 Å². The van der Waals surface area contributed by atoms with Crippen molar-refractivity contribution in [1.82, 2.24) is 9.80 Å². The molecule has 1 N–H and O–H groups in total. The number of rotatable bonds is 9. The van der Waals surface area contributed by atoms with Crippen LogP contribution < -0.4 is 4.74 Å². The molecule has 198 valence electrons. The van der Waals surface area contributed by atoms with Gasteiger partial charge in [-0.3, -0.25) is 9.80 Å². The van der Waals surface area contributed by atoms with Gasteiger partial charge >= 0.3 is 5.97 Å². The number of hydrogen-bond donors (Lipinski definition) is 1. The Labute approximate surface area is 229 Å². The maximum Gasteiger partial charge on any atom is 0.341 e. The lowest BCUT2D eigenvalue weighted by Gasteiger charge is -2.39. The second kappa shape index (κ2) is 14.0. The molecule has 0 saturated carbocycles. The molecule has 0 aliphatic carbocycles. The van der Waals surface area contributed by atoms with Crippen LogP contribution in [0.3, 0.4) is 0 Å². The van der Waals surface area contributed by atoms with Crippen molar-refractivity contribution in [3.05, 3.63) is 100 Å². The molecule has 3 aromatic rings. The number of esters is 1. The molecule has 1 saturated heterocycles. The Kier molecular flexibility index (Phi) is 10.2. The highest BCUT2D eigenvalue weighted by atomic mass is 35.5. The quantitative estimate of drug-likeness (QED) is 0.320. The van der Waals surface area contributed by atoms with Crippen molar-refractivity contribution in [1.29, 1.82) is 0 Å². The fourth-order valence-corrected chi connectivity index (χ4v) is 4.77. The second-order valence-corrected chi connectivity index (χ2v) is 9.51. The number of benzene rings is 3. The summed E-state index contributed by atoms with van der Waals surface area (Å²) >= 11 is 6.16. The van der Waals surface area contributed by atoms with Crippen molar-refractivity contribution in [3.63, 3.8) is 0 Å². The smallest absolute Gasteiger partial charge is 0.341 e. The first kappa shape index (κ1) is 27.7. The van der Waals surface area contributed by atoms with E-state index in [0.29, 0.717) is 29.9 Å². The summed E-state index contributed by atoms with van der Waals surface area (Å²) in [6.07, 6.45) is 0.380. The Morgan fingerprint density at radius 3 is 2.39 bits per heavy atom. The zero-order valence-corrected chi connectivity index (χ0v) is 22.4. The molecule has 0 aromatic heterocycles. The number of carbonyl (C=O) groups is 1. The highest BCUT2D eigenvalue weighted by Crippen LogP contribution is 2.30. The van der Waals surface area contributed by atoms with Gasteiger partial charge in [0.2, 0.25) is 0 Å². The van der Waals surface area contributed by atoms with Crippen LogP contribution in [0, 0.1) is 11.8 Å². The molecule has 0 radical (unpaired) electrons. The molecule has 38 heavy (non-hydrogen) atoms. The first-order chi connectivity index (χ1) is 18.6. The molecule has 6 nitrogen and oxygen atoms in total. The third-order valence-corrected chi connectivity index (χ3v) is 6.84. The minimum Gasteiger partial charge on any atom is -0.491 e. The van der Waals surface area contributed by atoms with Crippen LogP contribution in [0.2, 0.25) is 5.02 Å². The first-order valence-electron chi connectivity index (χ1n) is 12.8. The number of nitrogens with zero attached hydrogens (tertiary/aromatic N) is 2. The van der Waals surface area contributed by atoms with Crippen molar-refractivity contribution in [2.24, 2.45) is 0 Å². The molecule has 1 aliphatic heterocycles. The summed E-state index contributed by atoms with van der Waals surface area (Å²) in [5.41, 5.74) is 3.53. The summed E-state index contributed by atoms with van der Waals surface area (Å²) < 4.78 is 10.9. The van der Waals surface area contributed by atoms with Gasteiger partial charge in [-0.1, -0.05) is 65.9 Å². The molecule has 0 spiro atoms. The summed E-state index contributed by atoms with van der Waals surface area (Å²) in [6, 6.07) is 24.1. The predicted molar refractivity (Wildman–Crippen MR) is 150 cm³/mol. The van der Waals surface area contributed by atoms with E-state index in [1.807, 2.05) is 24.3 Å². The summed E-state index contributed by atoms with van der Waals surface area (Å²) in [6.45, 7) is 4.91. The average Bonchev–Trinajstić information content (AvgIpc) is 2.96. The minimum absolute atomic E-state index is 0.000349. The minimum atomic E-state index is -0.464. The lowest BCUT2D eigenvalue weighted by molar-refractivity contribution is 0.0594. The van der Waals surface area contributed by atoms with E-state index in [4.69, 9.17) is 26.2 Å². The monoisotopic (exact) mass is 532 g/mol. The summed E-state index contributed by atoms with van der Waals surface area (Å²) in [5.74, 6) is 5.83. The molecule has 1 fully saturated rings. The van der Waals surface area contributed by atoms with E-state index in [1.54, 1.807) is 12.1 Å². The zero-order chi connectivity index (χ0) is 26.7. The highest BCUT2D eigenvalue weighted by molar-refractivity contribution is 6.30. The molecule has 7 heteroatoms. The Morgan fingerprint density at radius 1 is 1.00 bits per heavy atom. The van der Waals surface area contributed by atoms with E-state index in [0.717, 1.165) is 37.7 Å². The number of methoxy groups -OCH3 is 1. The van der Waals surface area contributed by atoms with E-state index < -0.39 is 5.97 Å². The van der Waals surface area contributed by atoms with Crippen LogP contribution in [-0.4, -0.2) is 73.9 Å². The van der Waals surface area contributed by atoms with Gasteiger partial charge in [0.25, 0.3) is 0 Å². The highest BCUT2D eigenvalue weighted by Gasteiger charge is 2.26. The molecule has 4 rings (SSSR count). The number of hydrogen-bond acceptors (Lipinski definition) is 6. The fourth-order valence-electron chi connectivity index (χ4n) is 4.65. The lowest BCUT2D eigenvalue weighted by atomic mass is 9.96. The molecule has 1 aliphatic rings. The van der Waals surface area contributed by atoms with E-state index in [1.165, 1.54) is 18.2 Å². The fraction of sp³-hybridized carbons (Fsp3) is 0.323. The van der Waals surface area contributed by atoms with Crippen molar-refractivity contribution < 1.29 is 19.4 Å². The van der Waals surface area contributed by atoms with Crippen LogP contribution in [0.5, 0.6) is 5.75 Å². The number of aliphatic hydroxyl groups is 1. The molecule has 3 aromatic carbocycles. The maximum absolute atomic E-state index is 12.3. The van der Waals surface area contributed by atoms with Gasteiger partial charge < -0.3 is 14.6 Å². The van der Waals surface area contributed by atoms with Gasteiger partial charge in [-0.25, -0.2) is 4.79 Å². The lowest BCUT2D eigenvalue weighted by Crippen LogP contribution is -2.48. The van der Waals surface area contributed by atoms with Gasteiger partial charge in [-0.05, 0) is 41.5 Å². The third kappa shape index (κ3) is 7.37. The number of piperazine rings is 1. The van der Waals surface area contributed by atoms with Crippen LogP contribution in [0.1, 0.15) is 39.5 Å². The Balaban J connectivity index is 1.36. The van der Waals surface area contributed by atoms with Crippen molar-refractivity contribution >= 4 is 17.6 Å². The Bertz CT molecular complexity index is 1250. The van der Waals surface area contributed by atoms with E-state index in [2.05, 4.69) is 58.0 Å².